The lowest BCUT2D eigenvalue weighted by Gasteiger charge is -2.36. The second-order valence-corrected chi connectivity index (χ2v) is 7.77. The first-order valence-electron chi connectivity index (χ1n) is 7.96. The van der Waals surface area contributed by atoms with Crippen molar-refractivity contribution in [2.45, 2.75) is 51.4 Å². The molecule has 0 spiro atoms. The molecule has 0 amide bonds. The van der Waals surface area contributed by atoms with E-state index >= 15 is 0 Å². The van der Waals surface area contributed by atoms with Gasteiger partial charge < -0.3 is 0 Å². The van der Waals surface area contributed by atoms with Crippen LogP contribution in [-0.2, 0) is 19.3 Å². The Balaban J connectivity index is 1.60. The number of alkyl halides is 1. The maximum atomic E-state index is 3.86. The molecule has 1 aromatic carbocycles. The molecule has 3 unspecified atom stereocenters. The van der Waals surface area contributed by atoms with Gasteiger partial charge in [-0.25, -0.2) is 0 Å². The fourth-order valence-corrected chi connectivity index (χ4v) is 6.01. The van der Waals surface area contributed by atoms with Crippen LogP contribution in [-0.4, -0.2) is 5.33 Å². The van der Waals surface area contributed by atoms with Crippen molar-refractivity contribution in [3.05, 3.63) is 34.9 Å². The van der Waals surface area contributed by atoms with Gasteiger partial charge in [0.2, 0.25) is 0 Å². The summed E-state index contributed by atoms with van der Waals surface area (Å²) in [5, 5.41) is 1.21. The van der Waals surface area contributed by atoms with Crippen molar-refractivity contribution < 1.29 is 0 Å². The third-order valence-electron chi connectivity index (χ3n) is 6.09. The van der Waals surface area contributed by atoms with E-state index in [0.717, 1.165) is 11.8 Å². The van der Waals surface area contributed by atoms with E-state index in [1.807, 2.05) is 0 Å². The summed E-state index contributed by atoms with van der Waals surface area (Å²) in [4.78, 5) is 0. The molecule has 3 aliphatic carbocycles. The van der Waals surface area contributed by atoms with Crippen molar-refractivity contribution in [1.82, 2.24) is 0 Å². The molecule has 2 saturated carbocycles. The van der Waals surface area contributed by atoms with Gasteiger partial charge in [-0.1, -0.05) is 40.5 Å². The maximum absolute atomic E-state index is 3.86. The summed E-state index contributed by atoms with van der Waals surface area (Å²) < 4.78 is 0. The molecule has 0 nitrogen and oxygen atoms in total. The van der Waals surface area contributed by atoms with Crippen molar-refractivity contribution >= 4 is 15.9 Å². The van der Waals surface area contributed by atoms with Gasteiger partial charge >= 0.3 is 0 Å². The molecule has 102 valence electrons. The van der Waals surface area contributed by atoms with Crippen LogP contribution in [0, 0.1) is 17.3 Å². The molecule has 3 aliphatic rings. The molecule has 2 fully saturated rings. The molecule has 3 atom stereocenters. The fourth-order valence-electron chi connectivity index (χ4n) is 5.13. The third-order valence-corrected chi connectivity index (χ3v) is 7.20. The van der Waals surface area contributed by atoms with Crippen LogP contribution in [0.1, 0.15) is 48.8 Å². The lowest BCUT2D eigenvalue weighted by molar-refractivity contribution is 0.197. The van der Waals surface area contributed by atoms with Gasteiger partial charge in [0.25, 0.3) is 0 Å². The molecule has 0 aliphatic heterocycles. The van der Waals surface area contributed by atoms with Gasteiger partial charge in [0, 0.05) is 5.33 Å². The molecular weight excluding hydrogens is 296 g/mol. The summed E-state index contributed by atoms with van der Waals surface area (Å²) >= 11 is 3.86. The fraction of sp³-hybridized carbons (Fsp3) is 0.667. The number of rotatable bonds is 3. The minimum Gasteiger partial charge on any atom is -0.0922 e. The van der Waals surface area contributed by atoms with Crippen LogP contribution >= 0.6 is 15.9 Å². The Labute approximate surface area is 125 Å². The van der Waals surface area contributed by atoms with Crippen LogP contribution in [0.3, 0.4) is 0 Å². The van der Waals surface area contributed by atoms with Crippen LogP contribution in [0.15, 0.2) is 18.2 Å². The average molecular weight is 319 g/mol. The van der Waals surface area contributed by atoms with Crippen molar-refractivity contribution in [1.29, 1.82) is 0 Å². The van der Waals surface area contributed by atoms with Gasteiger partial charge in [0.1, 0.15) is 0 Å². The normalized spacial score (nSPS) is 35.8. The SMILES string of the molecule is BrCC1(Cc2ccc3c(c2)CCC3)CC2CCC1C2. The summed E-state index contributed by atoms with van der Waals surface area (Å²) in [5.74, 6) is 2.03. The van der Waals surface area contributed by atoms with Crippen LogP contribution in [0.5, 0.6) is 0 Å². The largest absolute Gasteiger partial charge is 0.0922 e. The zero-order valence-corrected chi connectivity index (χ0v) is 13.2. The third kappa shape index (κ3) is 2.00. The highest BCUT2D eigenvalue weighted by Crippen LogP contribution is 2.58. The number of fused-ring (bicyclic) bond motifs is 3. The highest BCUT2D eigenvalue weighted by Gasteiger charge is 2.49. The average Bonchev–Trinajstić information content (AvgIpc) is 3.12. The lowest BCUT2D eigenvalue weighted by atomic mass is 9.71. The number of benzene rings is 1. The Morgan fingerprint density at radius 1 is 1.16 bits per heavy atom. The lowest BCUT2D eigenvalue weighted by Crippen LogP contribution is -2.32. The Hall–Kier alpha value is -0.300. The molecule has 0 saturated heterocycles. The maximum Gasteiger partial charge on any atom is 0.00939 e. The van der Waals surface area contributed by atoms with Crippen molar-refractivity contribution in [3.63, 3.8) is 0 Å². The van der Waals surface area contributed by atoms with E-state index in [1.54, 1.807) is 16.7 Å². The minimum atomic E-state index is 0.579. The Bertz CT molecular complexity index is 492. The number of hydrogen-bond donors (Lipinski definition) is 0. The van der Waals surface area contributed by atoms with Crippen LogP contribution in [0.25, 0.3) is 0 Å². The summed E-state index contributed by atoms with van der Waals surface area (Å²) in [7, 11) is 0. The monoisotopic (exact) mass is 318 g/mol. The van der Waals surface area contributed by atoms with Crippen LogP contribution in [0.4, 0.5) is 0 Å². The second kappa shape index (κ2) is 4.62. The number of hydrogen-bond acceptors (Lipinski definition) is 0. The van der Waals surface area contributed by atoms with E-state index in [1.165, 1.54) is 56.7 Å². The zero-order chi connectivity index (χ0) is 12.9. The Kier molecular flexibility index (Phi) is 3.02. The van der Waals surface area contributed by atoms with E-state index in [2.05, 4.69) is 34.1 Å². The van der Waals surface area contributed by atoms with E-state index in [9.17, 15) is 0 Å². The molecule has 2 bridgehead atoms. The summed E-state index contributed by atoms with van der Waals surface area (Å²) in [6.07, 6.45) is 11.3. The van der Waals surface area contributed by atoms with Crippen LogP contribution in [0.2, 0.25) is 0 Å². The summed E-state index contributed by atoms with van der Waals surface area (Å²) in [6, 6.07) is 7.35. The van der Waals surface area contributed by atoms with Crippen molar-refractivity contribution in [2.75, 3.05) is 5.33 Å². The molecule has 0 N–H and O–H groups in total. The van der Waals surface area contributed by atoms with E-state index in [-0.39, 0.29) is 0 Å². The summed E-state index contributed by atoms with van der Waals surface area (Å²) in [5.41, 5.74) is 5.44. The van der Waals surface area contributed by atoms with Gasteiger partial charge in [0.15, 0.2) is 0 Å². The van der Waals surface area contributed by atoms with Crippen molar-refractivity contribution in [3.8, 4) is 0 Å². The highest BCUT2D eigenvalue weighted by atomic mass is 79.9. The van der Waals surface area contributed by atoms with Gasteiger partial charge in [-0.05, 0) is 78.9 Å². The van der Waals surface area contributed by atoms with Gasteiger partial charge in [-0.2, -0.15) is 0 Å². The predicted molar refractivity (Wildman–Crippen MR) is 83.8 cm³/mol. The van der Waals surface area contributed by atoms with E-state index in [0.29, 0.717) is 5.41 Å². The molecule has 19 heavy (non-hydrogen) atoms. The second-order valence-electron chi connectivity index (χ2n) is 7.21. The molecule has 1 heteroatoms. The van der Waals surface area contributed by atoms with Gasteiger partial charge in [-0.15, -0.1) is 0 Å². The zero-order valence-electron chi connectivity index (χ0n) is 11.6. The first-order chi connectivity index (χ1) is 9.29. The Morgan fingerprint density at radius 3 is 2.79 bits per heavy atom. The Morgan fingerprint density at radius 2 is 2.05 bits per heavy atom. The van der Waals surface area contributed by atoms with E-state index < -0.39 is 0 Å². The quantitative estimate of drug-likeness (QED) is 0.694. The molecule has 0 heterocycles. The number of aryl methyl sites for hydroxylation is 2. The topological polar surface area (TPSA) is 0 Å². The number of halogens is 1. The molecular formula is C18H23Br. The summed E-state index contributed by atoms with van der Waals surface area (Å²) in [6.45, 7) is 0. The van der Waals surface area contributed by atoms with Crippen LogP contribution < -0.4 is 0 Å². The highest BCUT2D eigenvalue weighted by molar-refractivity contribution is 9.09. The predicted octanol–water partition coefficient (Wildman–Crippen LogP) is 4.92. The van der Waals surface area contributed by atoms with Crippen molar-refractivity contribution in [2.24, 2.45) is 17.3 Å². The van der Waals surface area contributed by atoms with Gasteiger partial charge in [-0.3, -0.25) is 0 Å². The molecule has 0 aromatic heterocycles. The first kappa shape index (κ1) is 12.4. The van der Waals surface area contributed by atoms with Gasteiger partial charge in [0.05, 0.1) is 0 Å². The molecule has 0 radical (unpaired) electrons. The standard InChI is InChI=1S/C18H23Br/c19-12-18(11-14-5-7-17(18)9-14)10-13-4-6-15-2-1-3-16(15)8-13/h4,6,8,14,17H,1-3,5,7,9-12H2. The smallest absolute Gasteiger partial charge is 0.00939 e. The minimum absolute atomic E-state index is 0.579. The molecule has 1 aromatic rings. The first-order valence-corrected chi connectivity index (χ1v) is 9.08. The molecule has 4 rings (SSSR count). The van der Waals surface area contributed by atoms with E-state index in [4.69, 9.17) is 0 Å².